The third kappa shape index (κ3) is 3.99. The van der Waals surface area contributed by atoms with Crippen LogP contribution < -0.4 is 0 Å². The summed E-state index contributed by atoms with van der Waals surface area (Å²) < 4.78 is 1.99. The van der Waals surface area contributed by atoms with Crippen LogP contribution in [0.4, 0.5) is 0 Å². The lowest BCUT2D eigenvalue weighted by atomic mass is 10.0. The van der Waals surface area contributed by atoms with Gasteiger partial charge in [-0.15, -0.1) is 10.2 Å². The van der Waals surface area contributed by atoms with Crippen LogP contribution in [0.2, 0.25) is 0 Å². The van der Waals surface area contributed by atoms with E-state index in [4.69, 9.17) is 5.11 Å². The van der Waals surface area contributed by atoms with E-state index in [1.165, 1.54) is 12.8 Å². The Morgan fingerprint density at radius 1 is 1.42 bits per heavy atom. The van der Waals surface area contributed by atoms with Crippen LogP contribution in [0.5, 0.6) is 0 Å². The Morgan fingerprint density at radius 3 is 2.74 bits per heavy atom. The highest BCUT2D eigenvalue weighted by Gasteiger charge is 2.22. The Balaban J connectivity index is 1.74. The first-order valence-corrected chi connectivity index (χ1v) is 7.07. The second-order valence-corrected chi connectivity index (χ2v) is 5.42. The van der Waals surface area contributed by atoms with Crippen LogP contribution in [0.3, 0.4) is 0 Å². The van der Waals surface area contributed by atoms with E-state index < -0.39 is 0 Å². The first-order valence-electron chi connectivity index (χ1n) is 7.07. The maximum atomic E-state index is 8.88. The maximum absolute atomic E-state index is 8.88. The van der Waals surface area contributed by atoms with Gasteiger partial charge in [-0.2, -0.15) is 0 Å². The number of likely N-dealkylation sites (tertiary alicyclic amines) is 1. The fourth-order valence-electron chi connectivity index (χ4n) is 2.67. The molecule has 1 aromatic heterocycles. The number of nitrogens with zero attached hydrogens (tertiary/aromatic N) is 5. The first-order chi connectivity index (χ1) is 9.20. The minimum Gasteiger partial charge on any atom is -0.396 e. The largest absolute Gasteiger partial charge is 0.396 e. The summed E-state index contributed by atoms with van der Waals surface area (Å²) >= 11 is 0. The van der Waals surface area contributed by atoms with Crippen LogP contribution in [0.15, 0.2) is 6.33 Å². The van der Waals surface area contributed by atoms with Gasteiger partial charge in [0.2, 0.25) is 0 Å². The molecule has 0 aromatic carbocycles. The van der Waals surface area contributed by atoms with Crippen LogP contribution in [0.25, 0.3) is 0 Å². The molecule has 108 valence electrons. The highest BCUT2D eigenvalue weighted by molar-refractivity contribution is 4.87. The topological polar surface area (TPSA) is 57.4 Å². The lowest BCUT2D eigenvalue weighted by Gasteiger charge is -2.36. The van der Waals surface area contributed by atoms with Gasteiger partial charge in [0.1, 0.15) is 12.2 Å². The highest BCUT2D eigenvalue weighted by Crippen LogP contribution is 2.16. The summed E-state index contributed by atoms with van der Waals surface area (Å²) in [5, 5.41) is 16.9. The monoisotopic (exact) mass is 267 g/mol. The Hall–Kier alpha value is -0.980. The van der Waals surface area contributed by atoms with E-state index in [2.05, 4.69) is 27.0 Å². The molecule has 19 heavy (non-hydrogen) atoms. The molecule has 1 aliphatic rings. The van der Waals surface area contributed by atoms with Crippen LogP contribution in [0.1, 0.15) is 25.1 Å². The van der Waals surface area contributed by atoms with E-state index in [1.807, 2.05) is 11.6 Å². The summed E-state index contributed by atoms with van der Waals surface area (Å²) in [4.78, 5) is 4.83. The van der Waals surface area contributed by atoms with E-state index in [-0.39, 0.29) is 6.61 Å². The molecule has 1 N–H and O–H groups in total. The number of aliphatic hydroxyl groups is 1. The molecule has 1 fully saturated rings. The molecule has 6 heteroatoms. The lowest BCUT2D eigenvalue weighted by Crippen LogP contribution is -2.43. The standard InChI is InChI=1S/C13H25N5O/c1-16(6-3-9-19)12-4-7-18(8-5-12)10-13-15-14-11-17(13)2/h11-12,19H,3-10H2,1-2H3. The van der Waals surface area contributed by atoms with Crippen LogP contribution in [-0.4, -0.2) is 69.0 Å². The van der Waals surface area contributed by atoms with Gasteiger partial charge in [0.15, 0.2) is 0 Å². The van der Waals surface area contributed by atoms with Crippen molar-refractivity contribution in [1.29, 1.82) is 0 Å². The molecule has 0 amide bonds. The second-order valence-electron chi connectivity index (χ2n) is 5.42. The van der Waals surface area contributed by atoms with Gasteiger partial charge >= 0.3 is 0 Å². The second kappa shape index (κ2) is 6.98. The van der Waals surface area contributed by atoms with E-state index in [0.29, 0.717) is 6.04 Å². The summed E-state index contributed by atoms with van der Waals surface area (Å²) in [6, 6.07) is 0.655. The number of aryl methyl sites for hydroxylation is 1. The first kappa shape index (κ1) is 14.4. The van der Waals surface area contributed by atoms with Crippen LogP contribution in [0, 0.1) is 0 Å². The zero-order valence-corrected chi connectivity index (χ0v) is 12.0. The SMILES string of the molecule is CN(CCCO)C1CCN(Cc2nncn2C)CC1. The van der Waals surface area contributed by atoms with Crippen molar-refractivity contribution in [3.63, 3.8) is 0 Å². The van der Waals surface area contributed by atoms with Gasteiger partial charge in [-0.05, 0) is 26.3 Å². The Bertz CT molecular complexity index is 373. The van der Waals surface area contributed by atoms with E-state index in [9.17, 15) is 0 Å². The predicted octanol–water partition coefficient (Wildman–Crippen LogP) is 0.0937. The summed E-state index contributed by atoms with van der Waals surface area (Å²) in [7, 11) is 4.16. The molecule has 1 aromatic rings. The molecule has 0 spiro atoms. The molecule has 0 atom stereocenters. The number of piperidine rings is 1. The number of aliphatic hydroxyl groups excluding tert-OH is 1. The molecule has 2 heterocycles. The molecule has 1 saturated heterocycles. The summed E-state index contributed by atoms with van der Waals surface area (Å²) in [5.74, 6) is 1.03. The fraction of sp³-hybridized carbons (Fsp3) is 0.846. The van der Waals surface area contributed by atoms with Crippen molar-refractivity contribution in [1.82, 2.24) is 24.6 Å². The lowest BCUT2D eigenvalue weighted by molar-refractivity contribution is 0.115. The van der Waals surface area contributed by atoms with Gasteiger partial charge in [0, 0.05) is 39.3 Å². The van der Waals surface area contributed by atoms with Crippen LogP contribution >= 0.6 is 0 Å². The molecule has 0 radical (unpaired) electrons. The molecule has 0 saturated carbocycles. The zero-order chi connectivity index (χ0) is 13.7. The molecule has 0 aliphatic carbocycles. The third-order valence-electron chi connectivity index (χ3n) is 4.02. The summed E-state index contributed by atoms with van der Waals surface area (Å²) in [5.41, 5.74) is 0. The van der Waals surface area contributed by atoms with Gasteiger partial charge < -0.3 is 14.6 Å². The molecule has 0 unspecified atom stereocenters. The van der Waals surface area contributed by atoms with Gasteiger partial charge in [-0.1, -0.05) is 0 Å². The van der Waals surface area contributed by atoms with E-state index >= 15 is 0 Å². The van der Waals surface area contributed by atoms with Crippen molar-refractivity contribution in [2.24, 2.45) is 7.05 Å². The third-order valence-corrected chi connectivity index (χ3v) is 4.02. The van der Waals surface area contributed by atoms with Gasteiger partial charge in [-0.3, -0.25) is 4.90 Å². The molecule has 0 bridgehead atoms. The Morgan fingerprint density at radius 2 is 2.16 bits per heavy atom. The number of rotatable bonds is 6. The maximum Gasteiger partial charge on any atom is 0.146 e. The summed E-state index contributed by atoms with van der Waals surface area (Å²) in [6.07, 6.45) is 5.01. The minimum absolute atomic E-state index is 0.287. The Kier molecular flexibility index (Phi) is 5.30. The fourth-order valence-corrected chi connectivity index (χ4v) is 2.67. The van der Waals surface area contributed by atoms with Crippen molar-refractivity contribution < 1.29 is 5.11 Å². The van der Waals surface area contributed by atoms with Crippen molar-refractivity contribution in [2.75, 3.05) is 33.3 Å². The molecular weight excluding hydrogens is 242 g/mol. The average molecular weight is 267 g/mol. The van der Waals surface area contributed by atoms with Crippen molar-refractivity contribution in [3.8, 4) is 0 Å². The van der Waals surface area contributed by atoms with Crippen molar-refractivity contribution in [3.05, 3.63) is 12.2 Å². The number of hydrogen-bond acceptors (Lipinski definition) is 5. The van der Waals surface area contributed by atoms with Gasteiger partial charge in [0.05, 0.1) is 6.54 Å². The number of hydrogen-bond donors (Lipinski definition) is 1. The van der Waals surface area contributed by atoms with E-state index in [1.54, 1.807) is 6.33 Å². The van der Waals surface area contributed by atoms with Crippen molar-refractivity contribution in [2.45, 2.75) is 31.8 Å². The molecular formula is C13H25N5O. The predicted molar refractivity (Wildman–Crippen MR) is 73.6 cm³/mol. The summed E-state index contributed by atoms with van der Waals surface area (Å²) in [6.45, 7) is 4.39. The quantitative estimate of drug-likeness (QED) is 0.792. The average Bonchev–Trinajstić information content (AvgIpc) is 2.82. The van der Waals surface area contributed by atoms with Crippen molar-refractivity contribution >= 4 is 0 Å². The molecule has 6 nitrogen and oxygen atoms in total. The van der Waals surface area contributed by atoms with E-state index in [0.717, 1.165) is 38.4 Å². The van der Waals surface area contributed by atoms with Gasteiger partial charge in [-0.25, -0.2) is 0 Å². The molecule has 1 aliphatic heterocycles. The zero-order valence-electron chi connectivity index (χ0n) is 12.0. The smallest absolute Gasteiger partial charge is 0.146 e. The Labute approximate surface area is 115 Å². The highest BCUT2D eigenvalue weighted by atomic mass is 16.3. The normalized spacial score (nSPS) is 18.3. The van der Waals surface area contributed by atoms with Crippen LogP contribution in [-0.2, 0) is 13.6 Å². The van der Waals surface area contributed by atoms with Gasteiger partial charge in [0.25, 0.3) is 0 Å². The number of aromatic nitrogens is 3. The minimum atomic E-state index is 0.287. The molecule has 2 rings (SSSR count).